The van der Waals surface area contributed by atoms with Crippen molar-refractivity contribution in [1.82, 2.24) is 0 Å². The van der Waals surface area contributed by atoms with Gasteiger partial charge < -0.3 is 24.9 Å². The molecule has 2 N–H and O–H groups in total. The molecular weight excluding hydrogens is 350 g/mol. The second-order valence-electron chi connectivity index (χ2n) is 5.79. The highest BCUT2D eigenvalue weighted by Crippen LogP contribution is 2.32. The molecule has 0 aliphatic carbocycles. The van der Waals surface area contributed by atoms with Gasteiger partial charge in [0.2, 0.25) is 0 Å². The molecule has 0 aromatic heterocycles. The first-order valence-corrected chi connectivity index (χ1v) is 8.26. The molecule has 2 aromatic rings. The third-order valence-electron chi connectivity index (χ3n) is 3.78. The summed E-state index contributed by atoms with van der Waals surface area (Å²) in [7, 11) is 1.59. The highest BCUT2D eigenvalue weighted by atomic mass is 16.6. The molecule has 0 spiro atoms. The molecule has 1 heterocycles. The molecule has 27 heavy (non-hydrogen) atoms. The fraction of sp³-hybridized carbons (Fsp3) is 0.211. The van der Waals surface area contributed by atoms with Crippen LogP contribution in [-0.4, -0.2) is 37.8 Å². The summed E-state index contributed by atoms with van der Waals surface area (Å²) in [6, 6.07) is 12.2. The number of anilines is 2. The van der Waals surface area contributed by atoms with E-state index in [0.717, 1.165) is 11.3 Å². The van der Waals surface area contributed by atoms with Gasteiger partial charge in [0.15, 0.2) is 12.7 Å². The van der Waals surface area contributed by atoms with Crippen molar-refractivity contribution in [2.45, 2.75) is 13.0 Å². The topological polar surface area (TPSA) is 98.3 Å². The Morgan fingerprint density at radius 2 is 2.07 bits per heavy atom. The number of ether oxygens (including phenoxy) is 2. The second-order valence-corrected chi connectivity index (χ2v) is 5.79. The van der Waals surface area contributed by atoms with Crippen LogP contribution < -0.4 is 20.1 Å². The summed E-state index contributed by atoms with van der Waals surface area (Å²) >= 11 is 0. The maximum absolute atomic E-state index is 11.9. The maximum Gasteiger partial charge on any atom is 0.265 e. The van der Waals surface area contributed by atoms with Gasteiger partial charge in [0.25, 0.3) is 11.8 Å². The average molecular weight is 369 g/mol. The molecule has 0 unspecified atom stereocenters. The minimum absolute atomic E-state index is 0.234. The van der Waals surface area contributed by atoms with E-state index in [2.05, 4.69) is 15.8 Å². The van der Waals surface area contributed by atoms with Gasteiger partial charge in [-0.05, 0) is 55.0 Å². The normalized spacial score (nSPS) is 15.5. The lowest BCUT2D eigenvalue weighted by Crippen LogP contribution is -2.34. The summed E-state index contributed by atoms with van der Waals surface area (Å²) in [6.07, 6.45) is 0.953. The van der Waals surface area contributed by atoms with Crippen molar-refractivity contribution < 1.29 is 23.9 Å². The molecule has 0 radical (unpaired) electrons. The van der Waals surface area contributed by atoms with E-state index < -0.39 is 6.10 Å². The van der Waals surface area contributed by atoms with Crippen LogP contribution in [0.1, 0.15) is 12.5 Å². The summed E-state index contributed by atoms with van der Waals surface area (Å²) in [6.45, 7) is 1.42. The van der Waals surface area contributed by atoms with E-state index in [1.54, 1.807) is 44.4 Å². The number of methoxy groups -OCH3 is 1. The van der Waals surface area contributed by atoms with Crippen LogP contribution in [0.5, 0.6) is 11.5 Å². The van der Waals surface area contributed by atoms with Crippen molar-refractivity contribution >= 4 is 29.4 Å². The number of rotatable bonds is 6. The monoisotopic (exact) mass is 369 g/mol. The third-order valence-corrected chi connectivity index (χ3v) is 3.78. The van der Waals surface area contributed by atoms with E-state index in [9.17, 15) is 9.59 Å². The molecule has 3 rings (SSSR count). The molecule has 140 valence electrons. The number of nitrogens with zero attached hydrogens (tertiary/aromatic N) is 1. The summed E-state index contributed by atoms with van der Waals surface area (Å²) in [4.78, 5) is 28.6. The van der Waals surface area contributed by atoms with Gasteiger partial charge in [-0.1, -0.05) is 5.16 Å². The first-order chi connectivity index (χ1) is 13.0. The fourth-order valence-electron chi connectivity index (χ4n) is 2.37. The predicted molar refractivity (Wildman–Crippen MR) is 100 cm³/mol. The SMILES string of the molecule is COc1ccc(/C=N\OCC(=O)Nc2ccc3c(c2)NC(=O)[C@@H](C)O3)cc1. The maximum atomic E-state index is 11.9. The molecule has 1 atom stereocenters. The zero-order chi connectivity index (χ0) is 19.2. The van der Waals surface area contributed by atoms with Crippen LogP contribution in [0.15, 0.2) is 47.6 Å². The standard InChI is InChI=1S/C19H19N3O5/c1-12-19(24)22-16-9-14(5-8-17(16)27-12)21-18(23)11-26-20-10-13-3-6-15(25-2)7-4-13/h3-10,12H,11H2,1-2H3,(H,21,23)(H,22,24)/b20-10-/t12-/m1/s1. The molecule has 8 heteroatoms. The lowest BCUT2D eigenvalue weighted by atomic mass is 10.2. The van der Waals surface area contributed by atoms with Gasteiger partial charge in [-0.3, -0.25) is 9.59 Å². The van der Waals surface area contributed by atoms with Crippen molar-refractivity contribution in [2.75, 3.05) is 24.4 Å². The first-order valence-electron chi connectivity index (χ1n) is 8.26. The number of hydrogen-bond acceptors (Lipinski definition) is 6. The lowest BCUT2D eigenvalue weighted by molar-refractivity contribution is -0.122. The Bertz CT molecular complexity index is 864. The lowest BCUT2D eigenvalue weighted by Gasteiger charge is -2.23. The molecular formula is C19H19N3O5. The van der Waals surface area contributed by atoms with E-state index >= 15 is 0 Å². The van der Waals surface area contributed by atoms with E-state index in [0.29, 0.717) is 17.1 Å². The number of benzene rings is 2. The minimum Gasteiger partial charge on any atom is -0.497 e. The predicted octanol–water partition coefficient (Wildman–Crippen LogP) is 2.40. The molecule has 2 aromatic carbocycles. The zero-order valence-corrected chi connectivity index (χ0v) is 14.9. The van der Waals surface area contributed by atoms with E-state index in [1.807, 2.05) is 12.1 Å². The molecule has 0 bridgehead atoms. The van der Waals surface area contributed by atoms with Crippen LogP contribution in [0.4, 0.5) is 11.4 Å². The summed E-state index contributed by atoms with van der Waals surface area (Å²) in [5.41, 5.74) is 1.84. The summed E-state index contributed by atoms with van der Waals surface area (Å²) < 4.78 is 10.5. The van der Waals surface area contributed by atoms with Crippen LogP contribution in [0.25, 0.3) is 0 Å². The highest BCUT2D eigenvalue weighted by molar-refractivity contribution is 5.99. The Morgan fingerprint density at radius 3 is 2.81 bits per heavy atom. The van der Waals surface area contributed by atoms with Crippen molar-refractivity contribution in [3.63, 3.8) is 0 Å². The minimum atomic E-state index is -0.546. The number of oxime groups is 1. The van der Waals surface area contributed by atoms with Gasteiger partial charge >= 0.3 is 0 Å². The molecule has 1 aliphatic heterocycles. The Balaban J connectivity index is 1.50. The van der Waals surface area contributed by atoms with Gasteiger partial charge in [-0.25, -0.2) is 0 Å². The number of fused-ring (bicyclic) bond motifs is 1. The van der Waals surface area contributed by atoms with E-state index in [-0.39, 0.29) is 18.4 Å². The number of carbonyl (C=O) groups is 2. The zero-order valence-electron chi connectivity index (χ0n) is 14.9. The van der Waals surface area contributed by atoms with Crippen LogP contribution in [0, 0.1) is 0 Å². The van der Waals surface area contributed by atoms with Crippen molar-refractivity contribution in [1.29, 1.82) is 0 Å². The van der Waals surface area contributed by atoms with E-state index in [1.165, 1.54) is 6.21 Å². The van der Waals surface area contributed by atoms with Crippen molar-refractivity contribution in [3.8, 4) is 11.5 Å². The smallest absolute Gasteiger partial charge is 0.265 e. The number of hydrogen-bond donors (Lipinski definition) is 2. The van der Waals surface area contributed by atoms with Crippen LogP contribution in [-0.2, 0) is 14.4 Å². The van der Waals surface area contributed by atoms with Gasteiger partial charge in [0, 0.05) is 5.69 Å². The summed E-state index contributed by atoms with van der Waals surface area (Å²) in [5.74, 6) is 0.689. The fourth-order valence-corrected chi connectivity index (χ4v) is 2.37. The quantitative estimate of drug-likeness (QED) is 0.602. The van der Waals surface area contributed by atoms with E-state index in [4.69, 9.17) is 14.3 Å². The van der Waals surface area contributed by atoms with Crippen molar-refractivity contribution in [2.24, 2.45) is 5.16 Å². The molecule has 0 fully saturated rings. The van der Waals surface area contributed by atoms with Crippen LogP contribution >= 0.6 is 0 Å². The van der Waals surface area contributed by atoms with Gasteiger partial charge in [0.05, 0.1) is 19.0 Å². The van der Waals surface area contributed by atoms with Crippen LogP contribution in [0.3, 0.4) is 0 Å². The third kappa shape index (κ3) is 4.75. The second kappa shape index (κ2) is 8.22. The number of amides is 2. The van der Waals surface area contributed by atoms with Gasteiger partial charge in [-0.15, -0.1) is 0 Å². The van der Waals surface area contributed by atoms with Gasteiger partial charge in [0.1, 0.15) is 11.5 Å². The van der Waals surface area contributed by atoms with Crippen molar-refractivity contribution in [3.05, 3.63) is 48.0 Å². The van der Waals surface area contributed by atoms with Crippen LogP contribution in [0.2, 0.25) is 0 Å². The largest absolute Gasteiger partial charge is 0.497 e. The summed E-state index contributed by atoms with van der Waals surface area (Å²) in [5, 5.41) is 9.16. The molecule has 8 nitrogen and oxygen atoms in total. The van der Waals surface area contributed by atoms with Gasteiger partial charge in [-0.2, -0.15) is 0 Å². The molecule has 1 aliphatic rings. The number of carbonyl (C=O) groups excluding carboxylic acids is 2. The average Bonchev–Trinajstić information content (AvgIpc) is 2.67. The first kappa shape index (κ1) is 18.2. The Labute approximate surface area is 156 Å². The number of nitrogens with one attached hydrogen (secondary N) is 2. The molecule has 0 saturated heterocycles. The Morgan fingerprint density at radius 1 is 1.30 bits per heavy atom. The Hall–Kier alpha value is -3.55. The highest BCUT2D eigenvalue weighted by Gasteiger charge is 2.23. The molecule has 0 saturated carbocycles. The Kier molecular flexibility index (Phi) is 5.55. The molecule has 2 amide bonds.